The summed E-state index contributed by atoms with van der Waals surface area (Å²) in [6, 6.07) is 12.9. The highest BCUT2D eigenvalue weighted by molar-refractivity contribution is 5.14. The molecule has 0 radical (unpaired) electrons. The first-order valence-electron chi connectivity index (χ1n) is 5.85. The summed E-state index contributed by atoms with van der Waals surface area (Å²) in [7, 11) is 0. The van der Waals surface area contributed by atoms with Crippen molar-refractivity contribution in [1.82, 2.24) is 4.90 Å². The molecule has 1 heterocycles. The van der Waals surface area contributed by atoms with Gasteiger partial charge in [0.05, 0.1) is 6.07 Å². The zero-order valence-electron chi connectivity index (χ0n) is 9.82. The fraction of sp³-hybridized carbons (Fsp3) is 0.500. The maximum atomic E-state index is 8.80. The van der Waals surface area contributed by atoms with Crippen molar-refractivity contribution < 1.29 is 0 Å². The van der Waals surface area contributed by atoms with Crippen LogP contribution in [0.25, 0.3) is 0 Å². The molecule has 2 rings (SSSR count). The second-order valence-corrected chi connectivity index (χ2v) is 5.09. The van der Waals surface area contributed by atoms with Gasteiger partial charge in [-0.05, 0) is 23.9 Å². The number of nitriles is 1. The summed E-state index contributed by atoms with van der Waals surface area (Å²) in [6.45, 7) is 5.41. The Hall–Kier alpha value is -1.33. The zero-order chi connectivity index (χ0) is 11.4. The van der Waals surface area contributed by atoms with Crippen molar-refractivity contribution in [3.8, 4) is 6.07 Å². The van der Waals surface area contributed by atoms with Crippen molar-refractivity contribution in [2.75, 3.05) is 13.1 Å². The van der Waals surface area contributed by atoms with Crippen LogP contribution in [-0.2, 0) is 6.54 Å². The van der Waals surface area contributed by atoms with E-state index in [1.807, 2.05) is 6.07 Å². The Balaban J connectivity index is 1.93. The van der Waals surface area contributed by atoms with E-state index in [4.69, 9.17) is 5.26 Å². The fourth-order valence-electron chi connectivity index (χ4n) is 2.44. The molecule has 1 fully saturated rings. The van der Waals surface area contributed by atoms with Crippen LogP contribution in [0.1, 0.15) is 25.3 Å². The smallest absolute Gasteiger partial charge is 0.0627 e. The summed E-state index contributed by atoms with van der Waals surface area (Å²) in [4.78, 5) is 2.45. The summed E-state index contributed by atoms with van der Waals surface area (Å²) < 4.78 is 0. The lowest BCUT2D eigenvalue weighted by Crippen LogP contribution is -2.24. The molecule has 0 bridgehead atoms. The molecule has 0 spiro atoms. The van der Waals surface area contributed by atoms with E-state index >= 15 is 0 Å². The Morgan fingerprint density at radius 1 is 1.38 bits per heavy atom. The van der Waals surface area contributed by atoms with Crippen molar-refractivity contribution >= 4 is 0 Å². The summed E-state index contributed by atoms with van der Waals surface area (Å²) in [5.41, 5.74) is 1.58. The first-order valence-corrected chi connectivity index (χ1v) is 5.85. The molecule has 0 saturated carbocycles. The first kappa shape index (κ1) is 11.2. The van der Waals surface area contributed by atoms with Crippen LogP contribution in [0.2, 0.25) is 0 Å². The van der Waals surface area contributed by atoms with Crippen LogP contribution in [0, 0.1) is 16.7 Å². The highest BCUT2D eigenvalue weighted by Crippen LogP contribution is 2.33. The molecule has 2 nitrogen and oxygen atoms in total. The Labute approximate surface area is 97.5 Å². The SMILES string of the molecule is CC1(CC#N)CCN(Cc2ccccc2)C1. The van der Waals surface area contributed by atoms with E-state index in [-0.39, 0.29) is 5.41 Å². The third-order valence-corrected chi connectivity index (χ3v) is 3.39. The molecule has 1 aliphatic rings. The minimum absolute atomic E-state index is 0.212. The van der Waals surface area contributed by atoms with E-state index in [1.165, 1.54) is 5.56 Å². The van der Waals surface area contributed by atoms with Crippen LogP contribution in [-0.4, -0.2) is 18.0 Å². The van der Waals surface area contributed by atoms with Gasteiger partial charge in [0.25, 0.3) is 0 Å². The predicted octanol–water partition coefficient (Wildman–Crippen LogP) is 2.81. The molecule has 2 heteroatoms. The number of benzene rings is 1. The molecule has 0 aromatic heterocycles. The average molecular weight is 214 g/mol. The van der Waals surface area contributed by atoms with Gasteiger partial charge in [0.1, 0.15) is 0 Å². The summed E-state index contributed by atoms with van der Waals surface area (Å²) >= 11 is 0. The number of nitrogens with zero attached hydrogens (tertiary/aromatic N) is 2. The Bertz CT molecular complexity index is 379. The molecule has 1 atom stereocenters. The Morgan fingerprint density at radius 2 is 2.12 bits per heavy atom. The van der Waals surface area contributed by atoms with Gasteiger partial charge in [-0.25, -0.2) is 0 Å². The van der Waals surface area contributed by atoms with E-state index in [0.29, 0.717) is 6.42 Å². The lowest BCUT2D eigenvalue weighted by Gasteiger charge is -2.21. The van der Waals surface area contributed by atoms with E-state index in [2.05, 4.69) is 42.2 Å². The van der Waals surface area contributed by atoms with Gasteiger partial charge in [-0.15, -0.1) is 0 Å². The standard InChI is InChI=1S/C14H18N2/c1-14(7-9-15)8-10-16(12-14)11-13-5-3-2-4-6-13/h2-6H,7-8,10-12H2,1H3. The second-order valence-electron chi connectivity index (χ2n) is 5.09. The van der Waals surface area contributed by atoms with E-state index in [1.54, 1.807) is 0 Å². The second kappa shape index (κ2) is 4.67. The highest BCUT2D eigenvalue weighted by atomic mass is 15.2. The van der Waals surface area contributed by atoms with Gasteiger partial charge in [-0.1, -0.05) is 37.3 Å². The molecule has 1 aromatic carbocycles. The highest BCUT2D eigenvalue weighted by Gasteiger charge is 2.33. The van der Waals surface area contributed by atoms with Gasteiger partial charge < -0.3 is 0 Å². The molecular weight excluding hydrogens is 196 g/mol. The molecule has 16 heavy (non-hydrogen) atoms. The summed E-state index contributed by atoms with van der Waals surface area (Å²) in [6.07, 6.45) is 1.83. The Morgan fingerprint density at radius 3 is 2.81 bits per heavy atom. The minimum atomic E-state index is 0.212. The van der Waals surface area contributed by atoms with Crippen molar-refractivity contribution in [2.45, 2.75) is 26.3 Å². The van der Waals surface area contributed by atoms with Gasteiger partial charge in [-0.3, -0.25) is 4.90 Å². The van der Waals surface area contributed by atoms with Crippen molar-refractivity contribution in [1.29, 1.82) is 5.26 Å². The molecule has 1 aliphatic heterocycles. The lowest BCUT2D eigenvalue weighted by molar-refractivity contribution is 0.272. The third-order valence-electron chi connectivity index (χ3n) is 3.39. The maximum Gasteiger partial charge on any atom is 0.0627 e. The molecule has 1 aromatic rings. The van der Waals surface area contributed by atoms with Gasteiger partial charge in [0.2, 0.25) is 0 Å². The maximum absolute atomic E-state index is 8.80. The normalized spacial score (nSPS) is 25.5. The molecule has 0 amide bonds. The van der Waals surface area contributed by atoms with Crippen LogP contribution in [0.3, 0.4) is 0 Å². The van der Waals surface area contributed by atoms with Crippen LogP contribution >= 0.6 is 0 Å². The molecule has 84 valence electrons. The number of rotatable bonds is 3. The minimum Gasteiger partial charge on any atom is -0.298 e. The van der Waals surface area contributed by atoms with Crippen molar-refractivity contribution in [3.05, 3.63) is 35.9 Å². The predicted molar refractivity (Wildman–Crippen MR) is 64.7 cm³/mol. The number of hydrogen-bond acceptors (Lipinski definition) is 2. The monoisotopic (exact) mass is 214 g/mol. The summed E-state index contributed by atoms with van der Waals surface area (Å²) in [5.74, 6) is 0. The van der Waals surface area contributed by atoms with Crippen LogP contribution in [0.15, 0.2) is 30.3 Å². The van der Waals surface area contributed by atoms with Crippen LogP contribution in [0.5, 0.6) is 0 Å². The van der Waals surface area contributed by atoms with Crippen molar-refractivity contribution in [2.24, 2.45) is 5.41 Å². The quantitative estimate of drug-likeness (QED) is 0.773. The Kier molecular flexibility index (Phi) is 3.26. The third kappa shape index (κ3) is 2.62. The van der Waals surface area contributed by atoms with Gasteiger partial charge >= 0.3 is 0 Å². The average Bonchev–Trinajstić information content (AvgIpc) is 2.62. The van der Waals surface area contributed by atoms with Crippen molar-refractivity contribution in [3.63, 3.8) is 0 Å². The zero-order valence-corrected chi connectivity index (χ0v) is 9.82. The molecule has 1 saturated heterocycles. The largest absolute Gasteiger partial charge is 0.298 e. The van der Waals surface area contributed by atoms with E-state index in [0.717, 1.165) is 26.1 Å². The summed E-state index contributed by atoms with van der Waals surface area (Å²) in [5, 5.41) is 8.80. The van der Waals surface area contributed by atoms with E-state index < -0.39 is 0 Å². The van der Waals surface area contributed by atoms with Gasteiger partial charge in [0.15, 0.2) is 0 Å². The molecule has 0 aliphatic carbocycles. The van der Waals surface area contributed by atoms with Gasteiger partial charge in [0, 0.05) is 19.5 Å². The topological polar surface area (TPSA) is 27.0 Å². The molecule has 0 N–H and O–H groups in total. The van der Waals surface area contributed by atoms with E-state index in [9.17, 15) is 0 Å². The van der Waals surface area contributed by atoms with Crippen LogP contribution in [0.4, 0.5) is 0 Å². The fourth-order valence-corrected chi connectivity index (χ4v) is 2.44. The molecule has 1 unspecified atom stereocenters. The van der Waals surface area contributed by atoms with Crippen LogP contribution < -0.4 is 0 Å². The van der Waals surface area contributed by atoms with Gasteiger partial charge in [-0.2, -0.15) is 5.26 Å². The number of hydrogen-bond donors (Lipinski definition) is 0. The molecular formula is C14H18N2. The lowest BCUT2D eigenvalue weighted by atomic mass is 9.87. The first-order chi connectivity index (χ1) is 7.72. The number of likely N-dealkylation sites (tertiary alicyclic amines) is 1.